The zero-order chi connectivity index (χ0) is 16.6. The summed E-state index contributed by atoms with van der Waals surface area (Å²) in [6.45, 7) is 5.32. The number of hydrogen-bond acceptors (Lipinski definition) is 5. The van der Waals surface area contributed by atoms with E-state index in [1.165, 1.54) is 11.8 Å². The van der Waals surface area contributed by atoms with Crippen LogP contribution in [-0.4, -0.2) is 59.2 Å². The third-order valence-electron chi connectivity index (χ3n) is 3.78. The molecule has 1 saturated heterocycles. The second kappa shape index (κ2) is 8.86. The normalized spacial score (nSPS) is 15.3. The van der Waals surface area contributed by atoms with E-state index in [0.717, 1.165) is 50.0 Å². The van der Waals surface area contributed by atoms with Crippen LogP contribution in [0.2, 0.25) is 0 Å². The fraction of sp³-hybridized carbons (Fsp3) is 0.412. The minimum absolute atomic E-state index is 0.0171. The zero-order valence-corrected chi connectivity index (χ0v) is 14.4. The Morgan fingerprint density at radius 3 is 2.79 bits per heavy atom. The van der Waals surface area contributed by atoms with Crippen LogP contribution in [0.25, 0.3) is 0 Å². The molecular weight excluding hydrogens is 324 g/mol. The van der Waals surface area contributed by atoms with Gasteiger partial charge in [-0.05, 0) is 12.1 Å². The van der Waals surface area contributed by atoms with Crippen LogP contribution in [0.3, 0.4) is 0 Å². The number of carbonyl (C=O) groups is 1. The Morgan fingerprint density at radius 2 is 2.00 bits per heavy atom. The van der Waals surface area contributed by atoms with E-state index in [-0.39, 0.29) is 5.91 Å². The summed E-state index contributed by atoms with van der Waals surface area (Å²) in [5.41, 5.74) is 0.746. The summed E-state index contributed by atoms with van der Waals surface area (Å²) >= 11 is 1.53. The van der Waals surface area contributed by atoms with Gasteiger partial charge in [0.25, 0.3) is 0 Å². The Bertz CT molecular complexity index is 641. The summed E-state index contributed by atoms with van der Waals surface area (Å²) in [6.07, 6.45) is 3.58. The lowest BCUT2D eigenvalue weighted by atomic mass is 10.4. The Kier molecular flexibility index (Phi) is 6.28. The van der Waals surface area contributed by atoms with Crippen LogP contribution in [0, 0.1) is 0 Å². The molecule has 1 aromatic heterocycles. The average molecular weight is 346 g/mol. The number of benzene rings is 1. The lowest BCUT2D eigenvalue weighted by molar-refractivity contribution is -0.113. The molecule has 0 bridgehead atoms. The van der Waals surface area contributed by atoms with Gasteiger partial charge in [-0.2, -0.15) is 5.10 Å². The molecule has 0 unspecified atom stereocenters. The summed E-state index contributed by atoms with van der Waals surface area (Å²) in [7, 11) is 0. The van der Waals surface area contributed by atoms with Gasteiger partial charge in [-0.25, -0.2) is 0 Å². The maximum absolute atomic E-state index is 12.0. The monoisotopic (exact) mass is 346 g/mol. The summed E-state index contributed by atoms with van der Waals surface area (Å²) in [4.78, 5) is 15.5. The second-order valence-corrected chi connectivity index (χ2v) is 6.64. The van der Waals surface area contributed by atoms with E-state index >= 15 is 0 Å². The molecule has 0 spiro atoms. The quantitative estimate of drug-likeness (QED) is 0.777. The van der Waals surface area contributed by atoms with Crippen LogP contribution in [0.1, 0.15) is 0 Å². The Hall–Kier alpha value is -1.83. The SMILES string of the molecule is O=C(CSc1ccccc1)Nc1cnn(CCN2CCOCC2)c1. The van der Waals surface area contributed by atoms with Crippen molar-refractivity contribution in [1.82, 2.24) is 14.7 Å². The van der Waals surface area contributed by atoms with Gasteiger partial charge >= 0.3 is 0 Å². The van der Waals surface area contributed by atoms with Crippen molar-refractivity contribution < 1.29 is 9.53 Å². The van der Waals surface area contributed by atoms with Crippen molar-refractivity contribution >= 4 is 23.4 Å². The lowest BCUT2D eigenvalue weighted by Crippen LogP contribution is -2.38. The van der Waals surface area contributed by atoms with Crippen molar-refractivity contribution in [2.24, 2.45) is 0 Å². The third kappa shape index (κ3) is 5.36. The van der Waals surface area contributed by atoms with Gasteiger partial charge in [0.15, 0.2) is 0 Å². The molecule has 0 radical (unpaired) electrons. The van der Waals surface area contributed by atoms with Gasteiger partial charge in [-0.15, -0.1) is 11.8 Å². The highest BCUT2D eigenvalue weighted by molar-refractivity contribution is 8.00. The van der Waals surface area contributed by atoms with Crippen molar-refractivity contribution in [2.75, 3.05) is 43.9 Å². The van der Waals surface area contributed by atoms with Gasteiger partial charge in [0.05, 0.1) is 37.4 Å². The molecule has 3 rings (SSSR count). The molecule has 128 valence electrons. The first-order valence-corrected chi connectivity index (χ1v) is 9.08. The Labute approximate surface area is 146 Å². The number of morpholine rings is 1. The number of rotatable bonds is 7. The van der Waals surface area contributed by atoms with Gasteiger partial charge in [-0.3, -0.25) is 14.4 Å². The third-order valence-corrected chi connectivity index (χ3v) is 4.79. The summed E-state index contributed by atoms with van der Waals surface area (Å²) in [5.74, 6) is 0.375. The predicted molar refractivity (Wildman–Crippen MR) is 95.3 cm³/mol. The molecule has 1 aliphatic heterocycles. The molecule has 6 nitrogen and oxygen atoms in total. The Morgan fingerprint density at radius 1 is 1.21 bits per heavy atom. The van der Waals surface area contributed by atoms with Crippen LogP contribution < -0.4 is 5.32 Å². The van der Waals surface area contributed by atoms with Gasteiger partial charge in [0.1, 0.15) is 0 Å². The summed E-state index contributed by atoms with van der Waals surface area (Å²) < 4.78 is 7.21. The van der Waals surface area contributed by atoms with E-state index in [9.17, 15) is 4.79 Å². The first kappa shape index (κ1) is 17.0. The molecule has 2 aromatic rings. The molecule has 0 aliphatic carbocycles. The number of nitrogens with one attached hydrogen (secondary N) is 1. The molecule has 7 heteroatoms. The van der Waals surface area contributed by atoms with Gasteiger partial charge in [0, 0.05) is 30.7 Å². The van der Waals surface area contributed by atoms with E-state index in [1.54, 1.807) is 6.20 Å². The number of aromatic nitrogens is 2. The fourth-order valence-electron chi connectivity index (χ4n) is 2.48. The second-order valence-electron chi connectivity index (χ2n) is 5.60. The van der Waals surface area contributed by atoms with Crippen molar-refractivity contribution in [3.63, 3.8) is 0 Å². The molecule has 0 saturated carbocycles. The van der Waals surface area contributed by atoms with Gasteiger partial charge in [-0.1, -0.05) is 18.2 Å². The maximum Gasteiger partial charge on any atom is 0.234 e. The topological polar surface area (TPSA) is 59.4 Å². The smallest absolute Gasteiger partial charge is 0.234 e. The Balaban J connectivity index is 1.40. The minimum atomic E-state index is -0.0171. The van der Waals surface area contributed by atoms with Crippen molar-refractivity contribution in [3.8, 4) is 0 Å². The van der Waals surface area contributed by atoms with Crippen LogP contribution in [0.4, 0.5) is 5.69 Å². The zero-order valence-electron chi connectivity index (χ0n) is 13.6. The fourth-order valence-corrected chi connectivity index (χ4v) is 3.20. The number of anilines is 1. The number of carbonyl (C=O) groups excluding carboxylic acids is 1. The first-order chi connectivity index (χ1) is 11.8. The van der Waals surface area contributed by atoms with E-state index < -0.39 is 0 Å². The number of ether oxygens (including phenoxy) is 1. The number of amides is 1. The first-order valence-electron chi connectivity index (χ1n) is 8.10. The van der Waals surface area contributed by atoms with Crippen molar-refractivity contribution in [1.29, 1.82) is 0 Å². The van der Waals surface area contributed by atoms with Crippen molar-refractivity contribution in [3.05, 3.63) is 42.7 Å². The number of nitrogens with zero attached hydrogens (tertiary/aromatic N) is 3. The minimum Gasteiger partial charge on any atom is -0.379 e. The summed E-state index contributed by atoms with van der Waals surface area (Å²) in [6, 6.07) is 9.91. The van der Waals surface area contributed by atoms with E-state index in [4.69, 9.17) is 4.74 Å². The number of thioether (sulfide) groups is 1. The maximum atomic E-state index is 12.0. The molecule has 1 N–H and O–H groups in total. The molecular formula is C17H22N4O2S. The van der Waals surface area contributed by atoms with Crippen LogP contribution in [0.5, 0.6) is 0 Å². The van der Waals surface area contributed by atoms with Gasteiger partial charge in [0.2, 0.25) is 5.91 Å². The standard InChI is InChI=1S/C17H22N4O2S/c22-17(14-24-16-4-2-1-3-5-16)19-15-12-18-21(13-15)7-6-20-8-10-23-11-9-20/h1-5,12-13H,6-11,14H2,(H,19,22). The highest BCUT2D eigenvalue weighted by atomic mass is 32.2. The van der Waals surface area contributed by atoms with E-state index in [0.29, 0.717) is 5.75 Å². The van der Waals surface area contributed by atoms with Crippen molar-refractivity contribution in [2.45, 2.75) is 11.4 Å². The van der Waals surface area contributed by atoms with Crippen LogP contribution in [0.15, 0.2) is 47.6 Å². The molecule has 1 aliphatic rings. The lowest BCUT2D eigenvalue weighted by Gasteiger charge is -2.26. The molecule has 1 amide bonds. The molecule has 0 atom stereocenters. The molecule has 2 heterocycles. The molecule has 24 heavy (non-hydrogen) atoms. The number of hydrogen-bond donors (Lipinski definition) is 1. The van der Waals surface area contributed by atoms with Crippen LogP contribution >= 0.6 is 11.8 Å². The highest BCUT2D eigenvalue weighted by Gasteiger charge is 2.10. The van der Waals surface area contributed by atoms with Gasteiger partial charge < -0.3 is 10.1 Å². The predicted octanol–water partition coefficient (Wildman–Crippen LogP) is 1.95. The molecule has 1 aromatic carbocycles. The largest absolute Gasteiger partial charge is 0.379 e. The van der Waals surface area contributed by atoms with E-state index in [1.807, 2.05) is 41.2 Å². The van der Waals surface area contributed by atoms with E-state index in [2.05, 4.69) is 15.3 Å². The highest BCUT2D eigenvalue weighted by Crippen LogP contribution is 2.17. The van der Waals surface area contributed by atoms with Crippen LogP contribution in [-0.2, 0) is 16.1 Å². The molecule has 1 fully saturated rings. The average Bonchev–Trinajstić information content (AvgIpc) is 3.07. The summed E-state index contributed by atoms with van der Waals surface area (Å²) in [5, 5.41) is 7.20.